The van der Waals surface area contributed by atoms with Gasteiger partial charge in [-0.15, -0.1) is 0 Å². The van der Waals surface area contributed by atoms with Crippen LogP contribution in [0.25, 0.3) is 11.2 Å². The summed E-state index contributed by atoms with van der Waals surface area (Å²) in [6.07, 6.45) is 1.35. The van der Waals surface area contributed by atoms with Gasteiger partial charge in [0.1, 0.15) is 24.6 Å². The number of fused-ring (bicyclic) bond motifs is 1. The van der Waals surface area contributed by atoms with Gasteiger partial charge in [0.2, 0.25) is 0 Å². The largest absolute Gasteiger partial charge is 0.394 e. The van der Waals surface area contributed by atoms with Crippen LogP contribution in [0, 0.1) is 0 Å². The van der Waals surface area contributed by atoms with E-state index in [1.54, 1.807) is 11.8 Å². The van der Waals surface area contributed by atoms with E-state index in [1.165, 1.54) is 17.2 Å². The summed E-state index contributed by atoms with van der Waals surface area (Å²) in [4.78, 5) is 12.7. The van der Waals surface area contributed by atoms with E-state index in [0.29, 0.717) is 17.0 Å². The summed E-state index contributed by atoms with van der Waals surface area (Å²) < 4.78 is 7.03. The van der Waals surface area contributed by atoms with Crippen LogP contribution in [-0.4, -0.2) is 89.5 Å². The van der Waals surface area contributed by atoms with Crippen molar-refractivity contribution in [2.24, 2.45) is 0 Å². The van der Waals surface area contributed by atoms with E-state index in [-0.39, 0.29) is 12.6 Å². The maximum atomic E-state index is 10.2. The molecular weight excluding hydrogens is 362 g/mol. The molecule has 3 rings (SSSR count). The summed E-state index contributed by atoms with van der Waals surface area (Å²) in [5.41, 5.74) is 0.881. The maximum absolute atomic E-state index is 10.2. The van der Waals surface area contributed by atoms with Gasteiger partial charge in [0.25, 0.3) is 0 Å². The summed E-state index contributed by atoms with van der Waals surface area (Å²) in [5, 5.41) is 42.1. The van der Waals surface area contributed by atoms with E-state index in [9.17, 15) is 20.4 Å². The van der Waals surface area contributed by atoms with Crippen LogP contribution in [-0.2, 0) is 4.74 Å². The third kappa shape index (κ3) is 3.63. The Kier molecular flexibility index (Phi) is 6.27. The highest BCUT2D eigenvalue weighted by atomic mass is 32.2. The highest BCUT2D eigenvalue weighted by Gasteiger charge is 2.44. The van der Waals surface area contributed by atoms with Crippen LogP contribution >= 0.6 is 11.8 Å². The second-order valence-electron chi connectivity index (χ2n) is 6.08. The standard InChI is InChI=1S/C15H23N5O5S/c1-26-3-2-8(4-21)19-13-10-14(17-6-16-13)20(7-18-10)15-12(24)11(23)9(5-22)25-15/h6-9,11-12,15,21-24H,2-5H2,1H3,(H,16,17,19). The van der Waals surface area contributed by atoms with Gasteiger partial charge < -0.3 is 30.5 Å². The Bertz CT molecular complexity index is 732. The molecule has 0 saturated carbocycles. The quantitative estimate of drug-likeness (QED) is 0.382. The number of aliphatic hydroxyl groups excluding tert-OH is 4. The minimum absolute atomic E-state index is 0.0401. The van der Waals surface area contributed by atoms with Crippen molar-refractivity contribution < 1.29 is 25.2 Å². The van der Waals surface area contributed by atoms with Crippen LogP contribution in [0.2, 0.25) is 0 Å². The number of aliphatic hydroxyl groups is 4. The van der Waals surface area contributed by atoms with Crippen LogP contribution in [0.4, 0.5) is 5.82 Å². The van der Waals surface area contributed by atoms with Gasteiger partial charge in [-0.3, -0.25) is 4.57 Å². The van der Waals surface area contributed by atoms with Gasteiger partial charge in [-0.1, -0.05) is 0 Å². The van der Waals surface area contributed by atoms with Gasteiger partial charge in [0.05, 0.1) is 25.6 Å². The second kappa shape index (κ2) is 8.46. The molecule has 5 unspecified atom stereocenters. The van der Waals surface area contributed by atoms with Gasteiger partial charge in [-0.05, 0) is 18.4 Å². The first-order valence-corrected chi connectivity index (χ1v) is 9.66. The van der Waals surface area contributed by atoms with Gasteiger partial charge in [0, 0.05) is 0 Å². The predicted octanol–water partition coefficient (Wildman–Crippen LogP) is -1.04. The van der Waals surface area contributed by atoms with E-state index in [0.717, 1.165) is 12.2 Å². The number of hydrogen-bond donors (Lipinski definition) is 5. The number of nitrogens with zero attached hydrogens (tertiary/aromatic N) is 4. The number of hydrogen-bond acceptors (Lipinski definition) is 10. The topological polar surface area (TPSA) is 146 Å². The van der Waals surface area contributed by atoms with Crippen molar-refractivity contribution in [2.75, 3.05) is 30.5 Å². The van der Waals surface area contributed by atoms with E-state index < -0.39 is 31.1 Å². The fraction of sp³-hybridized carbons (Fsp3) is 0.667. The lowest BCUT2D eigenvalue weighted by Crippen LogP contribution is -2.33. The summed E-state index contributed by atoms with van der Waals surface area (Å²) >= 11 is 1.69. The van der Waals surface area contributed by atoms with Crippen molar-refractivity contribution in [2.45, 2.75) is 37.0 Å². The van der Waals surface area contributed by atoms with Crippen molar-refractivity contribution in [1.82, 2.24) is 19.5 Å². The zero-order chi connectivity index (χ0) is 18.7. The van der Waals surface area contributed by atoms with Gasteiger partial charge >= 0.3 is 0 Å². The SMILES string of the molecule is CSCCC(CO)Nc1ncnc2c1ncn2C1OC(CO)C(O)C1O. The van der Waals surface area contributed by atoms with Crippen molar-refractivity contribution in [3.8, 4) is 0 Å². The molecule has 1 fully saturated rings. The minimum atomic E-state index is -1.22. The zero-order valence-electron chi connectivity index (χ0n) is 14.3. The van der Waals surface area contributed by atoms with Crippen molar-refractivity contribution >= 4 is 28.7 Å². The molecular formula is C15H23N5O5S. The van der Waals surface area contributed by atoms with Crippen LogP contribution in [0.15, 0.2) is 12.7 Å². The Morgan fingerprint density at radius 1 is 1.27 bits per heavy atom. The van der Waals surface area contributed by atoms with Crippen molar-refractivity contribution in [3.05, 3.63) is 12.7 Å². The minimum Gasteiger partial charge on any atom is -0.394 e. The molecule has 10 nitrogen and oxygen atoms in total. The summed E-state index contributed by atoms with van der Waals surface area (Å²) in [7, 11) is 0. The molecule has 5 N–H and O–H groups in total. The average Bonchev–Trinajstić information content (AvgIpc) is 3.21. The molecule has 0 aromatic carbocycles. The zero-order valence-corrected chi connectivity index (χ0v) is 15.1. The average molecular weight is 385 g/mol. The normalized spacial score (nSPS) is 27.1. The van der Waals surface area contributed by atoms with Crippen molar-refractivity contribution in [1.29, 1.82) is 0 Å². The predicted molar refractivity (Wildman–Crippen MR) is 95.8 cm³/mol. The number of nitrogens with one attached hydrogen (secondary N) is 1. The lowest BCUT2D eigenvalue weighted by Gasteiger charge is -2.18. The summed E-state index contributed by atoms with van der Waals surface area (Å²) in [6.45, 7) is -0.446. The van der Waals surface area contributed by atoms with Crippen molar-refractivity contribution in [3.63, 3.8) is 0 Å². The van der Waals surface area contributed by atoms with E-state index in [2.05, 4.69) is 20.3 Å². The lowest BCUT2D eigenvalue weighted by atomic mass is 10.1. The molecule has 5 atom stereocenters. The summed E-state index contributed by atoms with van der Waals surface area (Å²) in [6, 6.07) is -0.167. The van der Waals surface area contributed by atoms with Gasteiger partial charge in [0.15, 0.2) is 23.2 Å². The molecule has 1 aliphatic heterocycles. The van der Waals surface area contributed by atoms with Gasteiger partial charge in [-0.25, -0.2) is 15.0 Å². The fourth-order valence-corrected chi connectivity index (χ4v) is 3.44. The highest BCUT2D eigenvalue weighted by Crippen LogP contribution is 2.32. The van der Waals surface area contributed by atoms with Crippen LogP contribution in [0.5, 0.6) is 0 Å². The van der Waals surface area contributed by atoms with E-state index in [4.69, 9.17) is 4.74 Å². The highest BCUT2D eigenvalue weighted by molar-refractivity contribution is 7.98. The molecule has 0 radical (unpaired) electrons. The third-order valence-electron chi connectivity index (χ3n) is 4.38. The number of aromatic nitrogens is 4. The Morgan fingerprint density at radius 2 is 2.08 bits per heavy atom. The monoisotopic (exact) mass is 385 g/mol. The number of thioether (sulfide) groups is 1. The summed E-state index contributed by atoms with van der Waals surface area (Å²) in [5.74, 6) is 1.37. The fourth-order valence-electron chi connectivity index (χ4n) is 2.92. The number of imidazole rings is 1. The van der Waals surface area contributed by atoms with Gasteiger partial charge in [-0.2, -0.15) is 11.8 Å². The molecule has 2 aromatic heterocycles. The smallest absolute Gasteiger partial charge is 0.167 e. The number of anilines is 1. The Morgan fingerprint density at radius 3 is 2.73 bits per heavy atom. The molecule has 26 heavy (non-hydrogen) atoms. The van der Waals surface area contributed by atoms with E-state index in [1.807, 2.05) is 6.26 Å². The molecule has 0 spiro atoms. The Balaban J connectivity index is 1.87. The molecule has 3 heterocycles. The Hall–Kier alpha value is -1.50. The molecule has 0 amide bonds. The third-order valence-corrected chi connectivity index (χ3v) is 5.03. The first-order valence-electron chi connectivity index (χ1n) is 8.27. The molecule has 2 aromatic rings. The molecule has 0 bridgehead atoms. The maximum Gasteiger partial charge on any atom is 0.167 e. The van der Waals surface area contributed by atoms with Crippen LogP contribution < -0.4 is 5.32 Å². The Labute approximate surface area is 154 Å². The molecule has 0 aliphatic carbocycles. The second-order valence-corrected chi connectivity index (χ2v) is 7.07. The van der Waals surface area contributed by atoms with E-state index >= 15 is 0 Å². The molecule has 144 valence electrons. The number of ether oxygens (including phenoxy) is 1. The number of rotatable bonds is 8. The van der Waals surface area contributed by atoms with Crippen LogP contribution in [0.3, 0.4) is 0 Å². The molecule has 11 heteroatoms. The first-order chi connectivity index (χ1) is 12.6. The molecule has 1 aliphatic rings. The molecule has 1 saturated heterocycles. The first kappa shape index (κ1) is 19.3. The lowest BCUT2D eigenvalue weighted by molar-refractivity contribution is -0.0511. The van der Waals surface area contributed by atoms with Crippen LogP contribution in [0.1, 0.15) is 12.6 Å².